The quantitative estimate of drug-likeness (QED) is 0.826. The monoisotopic (exact) mass is 269 g/mol. The average molecular weight is 269 g/mol. The van der Waals surface area contributed by atoms with Gasteiger partial charge in [-0.2, -0.15) is 13.2 Å². The molecule has 106 valence electrons. The summed E-state index contributed by atoms with van der Waals surface area (Å²) in [5.74, 6) is -2.33. The van der Waals surface area contributed by atoms with Gasteiger partial charge in [0.15, 0.2) is 6.10 Å². The summed E-state index contributed by atoms with van der Waals surface area (Å²) >= 11 is 0. The van der Waals surface area contributed by atoms with Crippen molar-refractivity contribution >= 4 is 5.97 Å². The van der Waals surface area contributed by atoms with Crippen molar-refractivity contribution in [3.8, 4) is 0 Å². The van der Waals surface area contributed by atoms with E-state index in [2.05, 4.69) is 0 Å². The number of alkyl halides is 3. The van der Waals surface area contributed by atoms with Gasteiger partial charge in [0.25, 0.3) is 0 Å². The molecular weight excluding hydrogens is 251 g/mol. The topological polar surface area (TPSA) is 49.8 Å². The number of ether oxygens (including phenoxy) is 1. The molecule has 1 aliphatic rings. The van der Waals surface area contributed by atoms with E-state index in [1.54, 1.807) is 11.8 Å². The van der Waals surface area contributed by atoms with Crippen LogP contribution in [-0.4, -0.2) is 54.5 Å². The molecule has 1 N–H and O–H groups in total. The Morgan fingerprint density at radius 1 is 1.44 bits per heavy atom. The van der Waals surface area contributed by atoms with E-state index in [0.29, 0.717) is 0 Å². The summed E-state index contributed by atoms with van der Waals surface area (Å²) in [5, 5.41) is 8.88. The summed E-state index contributed by atoms with van der Waals surface area (Å²) in [4.78, 5) is 12.6. The molecule has 1 saturated heterocycles. The van der Waals surface area contributed by atoms with Gasteiger partial charge in [-0.15, -0.1) is 0 Å². The molecule has 0 saturated carbocycles. The Bertz CT molecular complexity index is 275. The molecular formula is C11H18F3NO3. The smallest absolute Gasteiger partial charge is 0.391 e. The summed E-state index contributed by atoms with van der Waals surface area (Å²) in [6, 6.07) is 0. The number of likely N-dealkylation sites (tertiary alicyclic amines) is 1. The van der Waals surface area contributed by atoms with Gasteiger partial charge in [-0.3, -0.25) is 0 Å². The van der Waals surface area contributed by atoms with Gasteiger partial charge in [0.1, 0.15) is 0 Å². The first kappa shape index (κ1) is 15.2. The highest BCUT2D eigenvalue weighted by atomic mass is 19.4. The predicted molar refractivity (Wildman–Crippen MR) is 58.3 cm³/mol. The summed E-state index contributed by atoms with van der Waals surface area (Å²) in [7, 11) is 0. The van der Waals surface area contributed by atoms with E-state index in [1.165, 1.54) is 0 Å². The van der Waals surface area contributed by atoms with Crippen molar-refractivity contribution in [3.63, 3.8) is 0 Å². The summed E-state index contributed by atoms with van der Waals surface area (Å²) in [6.45, 7) is 2.64. The zero-order valence-corrected chi connectivity index (χ0v) is 10.2. The Labute approximate surface area is 104 Å². The Morgan fingerprint density at radius 3 is 2.39 bits per heavy atom. The molecule has 18 heavy (non-hydrogen) atoms. The van der Waals surface area contributed by atoms with E-state index in [-0.39, 0.29) is 39.1 Å². The largest absolute Gasteiger partial charge is 0.479 e. The maximum atomic E-state index is 12.4. The first-order chi connectivity index (χ1) is 8.34. The van der Waals surface area contributed by atoms with Crippen LogP contribution in [-0.2, 0) is 9.53 Å². The Balaban J connectivity index is 2.41. The fourth-order valence-corrected chi connectivity index (χ4v) is 2.08. The molecule has 1 atom stereocenters. The Hall–Kier alpha value is -0.820. The van der Waals surface area contributed by atoms with Gasteiger partial charge < -0.3 is 14.7 Å². The highest BCUT2D eigenvalue weighted by Gasteiger charge is 2.41. The van der Waals surface area contributed by atoms with Crippen LogP contribution in [0.25, 0.3) is 0 Å². The van der Waals surface area contributed by atoms with Crippen molar-refractivity contribution < 1.29 is 27.8 Å². The van der Waals surface area contributed by atoms with Gasteiger partial charge in [-0.1, -0.05) is 0 Å². The van der Waals surface area contributed by atoms with Gasteiger partial charge in [-0.25, -0.2) is 4.79 Å². The number of hydrogen-bond donors (Lipinski definition) is 1. The highest BCUT2D eigenvalue weighted by Crippen LogP contribution is 2.34. The maximum absolute atomic E-state index is 12.4. The third-order valence-electron chi connectivity index (χ3n) is 3.12. The van der Waals surface area contributed by atoms with Crippen molar-refractivity contribution in [2.24, 2.45) is 5.92 Å². The van der Waals surface area contributed by atoms with Crippen molar-refractivity contribution in [1.29, 1.82) is 0 Å². The van der Waals surface area contributed by atoms with Gasteiger partial charge in [-0.05, 0) is 32.9 Å². The minimum Gasteiger partial charge on any atom is -0.479 e. The molecule has 0 amide bonds. The second-order valence-electron chi connectivity index (χ2n) is 4.40. The van der Waals surface area contributed by atoms with Crippen LogP contribution < -0.4 is 0 Å². The number of piperidine rings is 1. The van der Waals surface area contributed by atoms with Crippen LogP contribution in [0.1, 0.15) is 19.8 Å². The third-order valence-corrected chi connectivity index (χ3v) is 3.12. The second-order valence-corrected chi connectivity index (χ2v) is 4.40. The minimum atomic E-state index is -4.14. The normalized spacial score (nSPS) is 20.9. The molecule has 4 nitrogen and oxygen atoms in total. The lowest BCUT2D eigenvalue weighted by Crippen LogP contribution is -2.44. The van der Waals surface area contributed by atoms with Crippen LogP contribution in [0.4, 0.5) is 13.2 Å². The van der Waals surface area contributed by atoms with E-state index in [4.69, 9.17) is 9.84 Å². The van der Waals surface area contributed by atoms with E-state index < -0.39 is 24.2 Å². The zero-order valence-electron chi connectivity index (χ0n) is 10.2. The molecule has 0 aromatic heterocycles. The second kappa shape index (κ2) is 6.38. The summed E-state index contributed by atoms with van der Waals surface area (Å²) in [5.41, 5.74) is 0. The number of hydrogen-bond acceptors (Lipinski definition) is 3. The molecule has 0 bridgehead atoms. The average Bonchev–Trinajstić information content (AvgIpc) is 2.28. The Kier molecular flexibility index (Phi) is 5.40. The molecule has 0 aromatic carbocycles. The van der Waals surface area contributed by atoms with Crippen molar-refractivity contribution in [3.05, 3.63) is 0 Å². The van der Waals surface area contributed by atoms with E-state index in [0.717, 1.165) is 0 Å². The molecule has 1 rings (SSSR count). The molecule has 1 heterocycles. The lowest BCUT2D eigenvalue weighted by molar-refractivity contribution is -0.186. The molecule has 7 heteroatoms. The molecule has 0 aromatic rings. The van der Waals surface area contributed by atoms with Crippen LogP contribution in [0.2, 0.25) is 0 Å². The highest BCUT2D eigenvalue weighted by molar-refractivity contribution is 5.72. The van der Waals surface area contributed by atoms with Crippen LogP contribution in [0.3, 0.4) is 0 Å². The van der Waals surface area contributed by atoms with E-state index in [9.17, 15) is 18.0 Å². The van der Waals surface area contributed by atoms with Crippen LogP contribution >= 0.6 is 0 Å². The molecule has 1 fully saturated rings. The number of aliphatic carboxylic acids is 1. The lowest BCUT2D eigenvalue weighted by atomic mass is 9.96. The molecule has 1 aliphatic heterocycles. The van der Waals surface area contributed by atoms with Gasteiger partial charge in [0.05, 0.1) is 5.92 Å². The number of rotatable bonds is 5. The van der Waals surface area contributed by atoms with Crippen LogP contribution in [0, 0.1) is 5.92 Å². The van der Waals surface area contributed by atoms with Gasteiger partial charge in [0, 0.05) is 13.2 Å². The first-order valence-electron chi connectivity index (χ1n) is 5.98. The summed E-state index contributed by atoms with van der Waals surface area (Å²) < 4.78 is 42.4. The third kappa shape index (κ3) is 4.45. The maximum Gasteiger partial charge on any atom is 0.391 e. The van der Waals surface area contributed by atoms with Gasteiger partial charge in [0.2, 0.25) is 0 Å². The SMILES string of the molecule is CCOC(CN1CCC(C(F)(F)F)CC1)C(=O)O. The first-order valence-corrected chi connectivity index (χ1v) is 5.98. The van der Waals surface area contributed by atoms with Gasteiger partial charge >= 0.3 is 12.1 Å². The predicted octanol–water partition coefficient (Wildman–Crippen LogP) is 1.75. The fraction of sp³-hybridized carbons (Fsp3) is 0.909. The molecule has 0 radical (unpaired) electrons. The van der Waals surface area contributed by atoms with Crippen LogP contribution in [0.15, 0.2) is 0 Å². The number of carboxylic acids is 1. The zero-order chi connectivity index (χ0) is 13.8. The standard InChI is InChI=1S/C11H18F3NO3/c1-2-18-9(10(16)17)7-15-5-3-8(4-6-15)11(12,13)14/h8-9H,2-7H2,1H3,(H,16,17). The number of carbonyl (C=O) groups is 1. The fourth-order valence-electron chi connectivity index (χ4n) is 2.08. The van der Waals surface area contributed by atoms with Crippen molar-refractivity contribution in [1.82, 2.24) is 4.90 Å². The van der Waals surface area contributed by atoms with E-state index in [1.807, 2.05) is 0 Å². The minimum absolute atomic E-state index is 0.0297. The lowest BCUT2D eigenvalue weighted by Gasteiger charge is -2.33. The molecule has 0 aliphatic carbocycles. The molecule has 0 spiro atoms. The van der Waals surface area contributed by atoms with Crippen molar-refractivity contribution in [2.75, 3.05) is 26.2 Å². The van der Waals surface area contributed by atoms with E-state index >= 15 is 0 Å². The Morgan fingerprint density at radius 2 is 2.00 bits per heavy atom. The van der Waals surface area contributed by atoms with Crippen LogP contribution in [0.5, 0.6) is 0 Å². The number of carboxylic acid groups (broad SMARTS) is 1. The van der Waals surface area contributed by atoms with Crippen molar-refractivity contribution in [2.45, 2.75) is 32.0 Å². The molecule has 1 unspecified atom stereocenters. The number of nitrogens with zero attached hydrogens (tertiary/aromatic N) is 1. The number of halogens is 3. The summed E-state index contributed by atoms with van der Waals surface area (Å²) in [6.07, 6.45) is -5.04.